The van der Waals surface area contributed by atoms with Crippen molar-refractivity contribution in [2.45, 2.75) is 19.8 Å². The van der Waals surface area contributed by atoms with Crippen molar-refractivity contribution in [3.63, 3.8) is 0 Å². The summed E-state index contributed by atoms with van der Waals surface area (Å²) in [5.74, 6) is -0.527. The van der Waals surface area contributed by atoms with Gasteiger partial charge in [0.15, 0.2) is 19.0 Å². The van der Waals surface area contributed by atoms with Gasteiger partial charge in [-0.1, -0.05) is 25.1 Å². The molecule has 30 heavy (non-hydrogen) atoms. The zero-order valence-electron chi connectivity index (χ0n) is 16.8. The highest BCUT2D eigenvalue weighted by Gasteiger charge is 2.10. The number of amides is 1. The van der Waals surface area contributed by atoms with E-state index >= 15 is 0 Å². The van der Waals surface area contributed by atoms with Gasteiger partial charge in [0.25, 0.3) is 5.91 Å². The molecule has 156 valence electrons. The number of rotatable bonds is 10. The third-order valence-corrected chi connectivity index (χ3v) is 4.61. The number of hydrogen-bond donors (Lipinski definition) is 2. The van der Waals surface area contributed by atoms with Gasteiger partial charge in [-0.3, -0.25) is 9.59 Å². The molecule has 0 spiro atoms. The van der Waals surface area contributed by atoms with Crippen molar-refractivity contribution in [3.05, 3.63) is 65.9 Å². The molecule has 0 saturated carbocycles. The number of carbonyl (C=O) groups excluding carboxylic acids is 3. The lowest BCUT2D eigenvalue weighted by molar-refractivity contribution is -0.150. The van der Waals surface area contributed by atoms with Crippen LogP contribution in [0.2, 0.25) is 0 Å². The normalized spacial score (nSPS) is 10.6. The number of Topliss-reactive ketones (excluding diaryl/α,β-unsaturated/α-hetero) is 1. The number of ketones is 1. The topological polar surface area (TPSA) is 97.5 Å². The maximum absolute atomic E-state index is 11.9. The minimum atomic E-state index is -0.643. The van der Waals surface area contributed by atoms with Gasteiger partial charge in [-0.25, -0.2) is 4.79 Å². The number of ether oxygens (including phenoxy) is 2. The lowest BCUT2D eigenvalue weighted by Gasteiger charge is -2.08. The molecule has 0 fully saturated rings. The molecule has 0 aliphatic rings. The van der Waals surface area contributed by atoms with E-state index in [1.54, 1.807) is 31.2 Å². The molecular weight excluding hydrogens is 384 g/mol. The zero-order chi connectivity index (χ0) is 21.3. The number of H-pyrrole nitrogens is 1. The van der Waals surface area contributed by atoms with Gasteiger partial charge in [-0.15, -0.1) is 0 Å². The summed E-state index contributed by atoms with van der Waals surface area (Å²) in [5.41, 5.74) is 2.76. The fourth-order valence-corrected chi connectivity index (χ4v) is 3.00. The number of hydrogen-bond acceptors (Lipinski definition) is 5. The van der Waals surface area contributed by atoms with E-state index in [1.165, 1.54) is 0 Å². The molecule has 2 N–H and O–H groups in total. The average molecular weight is 408 g/mol. The lowest BCUT2D eigenvalue weighted by atomic mass is 10.1. The van der Waals surface area contributed by atoms with E-state index in [0.29, 0.717) is 30.7 Å². The molecule has 0 unspecified atom stereocenters. The molecule has 1 heterocycles. The summed E-state index contributed by atoms with van der Waals surface area (Å²) in [6.07, 6.45) is 3.03. The van der Waals surface area contributed by atoms with Gasteiger partial charge >= 0.3 is 5.97 Å². The van der Waals surface area contributed by atoms with E-state index in [4.69, 9.17) is 9.47 Å². The molecule has 0 bridgehead atoms. The summed E-state index contributed by atoms with van der Waals surface area (Å²) in [6, 6.07) is 14.5. The molecule has 2 aromatic carbocycles. The number of esters is 1. The van der Waals surface area contributed by atoms with Gasteiger partial charge in [0.05, 0.1) is 0 Å². The van der Waals surface area contributed by atoms with Gasteiger partial charge in [0.1, 0.15) is 5.75 Å². The molecule has 1 amide bonds. The summed E-state index contributed by atoms with van der Waals surface area (Å²) < 4.78 is 10.2. The summed E-state index contributed by atoms with van der Waals surface area (Å²) in [5, 5.41) is 3.86. The highest BCUT2D eigenvalue weighted by molar-refractivity contribution is 5.95. The van der Waals surface area contributed by atoms with Crippen LogP contribution in [0.4, 0.5) is 0 Å². The van der Waals surface area contributed by atoms with Crippen molar-refractivity contribution in [2.75, 3.05) is 19.8 Å². The van der Waals surface area contributed by atoms with E-state index in [0.717, 1.165) is 16.5 Å². The number of aromatic nitrogens is 1. The fourth-order valence-electron chi connectivity index (χ4n) is 3.00. The van der Waals surface area contributed by atoms with E-state index in [9.17, 15) is 14.4 Å². The van der Waals surface area contributed by atoms with Crippen molar-refractivity contribution in [1.29, 1.82) is 0 Å². The van der Waals surface area contributed by atoms with Crippen LogP contribution in [0.15, 0.2) is 54.7 Å². The predicted molar refractivity (Wildman–Crippen MR) is 113 cm³/mol. The molecular formula is C23H24N2O5. The Kier molecular flexibility index (Phi) is 7.21. The number of fused-ring (bicyclic) bond motifs is 1. The Labute approximate surface area is 174 Å². The van der Waals surface area contributed by atoms with Crippen LogP contribution < -0.4 is 10.1 Å². The van der Waals surface area contributed by atoms with Gasteiger partial charge in [0, 0.05) is 35.6 Å². The Morgan fingerprint density at radius 1 is 1.00 bits per heavy atom. The average Bonchev–Trinajstić information content (AvgIpc) is 3.19. The molecule has 7 heteroatoms. The first-order valence-corrected chi connectivity index (χ1v) is 9.80. The molecule has 3 rings (SSSR count). The highest BCUT2D eigenvalue weighted by Crippen LogP contribution is 2.17. The van der Waals surface area contributed by atoms with Crippen LogP contribution in [0.1, 0.15) is 29.3 Å². The van der Waals surface area contributed by atoms with E-state index in [1.807, 2.05) is 30.5 Å². The Morgan fingerprint density at radius 3 is 2.53 bits per heavy atom. The molecule has 0 saturated heterocycles. The third-order valence-electron chi connectivity index (χ3n) is 4.61. The second kappa shape index (κ2) is 10.2. The van der Waals surface area contributed by atoms with Gasteiger partial charge in [-0.2, -0.15) is 0 Å². The standard InChI is InChI=1S/C23H24N2O5/c1-2-21(26)16-7-9-18(10-8-16)29-15-23(28)30-14-22(27)24-12-11-17-13-25-20-6-4-3-5-19(17)20/h3-10,13,25H,2,11-12,14-15H2,1H3,(H,24,27). The molecule has 7 nitrogen and oxygen atoms in total. The van der Waals surface area contributed by atoms with E-state index in [2.05, 4.69) is 10.3 Å². The zero-order valence-corrected chi connectivity index (χ0v) is 16.8. The first-order chi connectivity index (χ1) is 14.6. The van der Waals surface area contributed by atoms with E-state index in [-0.39, 0.29) is 24.9 Å². The molecule has 1 aromatic heterocycles. The van der Waals surface area contributed by atoms with Gasteiger partial charge in [0.2, 0.25) is 0 Å². The number of para-hydroxylation sites is 1. The maximum Gasteiger partial charge on any atom is 0.344 e. The first-order valence-electron chi connectivity index (χ1n) is 9.80. The Bertz CT molecular complexity index is 1020. The van der Waals surface area contributed by atoms with Crippen LogP contribution in [0, 0.1) is 0 Å². The second-order valence-corrected chi connectivity index (χ2v) is 6.71. The van der Waals surface area contributed by atoms with Crippen LogP contribution in [-0.2, 0) is 20.7 Å². The summed E-state index contributed by atoms with van der Waals surface area (Å²) in [4.78, 5) is 38.4. The summed E-state index contributed by atoms with van der Waals surface area (Å²) in [6.45, 7) is 1.56. The van der Waals surface area contributed by atoms with Crippen molar-refractivity contribution in [3.8, 4) is 5.75 Å². The number of carbonyl (C=O) groups is 3. The third kappa shape index (κ3) is 5.70. The van der Waals surface area contributed by atoms with E-state index < -0.39 is 5.97 Å². The minimum Gasteiger partial charge on any atom is -0.482 e. The van der Waals surface area contributed by atoms with Crippen LogP contribution >= 0.6 is 0 Å². The predicted octanol–water partition coefficient (Wildman–Crippen LogP) is 3.04. The SMILES string of the molecule is CCC(=O)c1ccc(OCC(=O)OCC(=O)NCCc2c[nH]c3ccccc23)cc1. The largest absolute Gasteiger partial charge is 0.482 e. The Hall–Kier alpha value is -3.61. The number of aromatic amines is 1. The Balaban J connectivity index is 1.34. The van der Waals surface area contributed by atoms with Crippen LogP contribution in [0.5, 0.6) is 5.75 Å². The molecule has 0 radical (unpaired) electrons. The lowest BCUT2D eigenvalue weighted by Crippen LogP contribution is -2.31. The fraction of sp³-hybridized carbons (Fsp3) is 0.261. The first kappa shape index (κ1) is 21.1. The monoisotopic (exact) mass is 408 g/mol. The van der Waals surface area contributed by atoms with Crippen molar-refractivity contribution < 1.29 is 23.9 Å². The molecule has 0 atom stereocenters. The molecule has 3 aromatic rings. The van der Waals surface area contributed by atoms with Crippen molar-refractivity contribution >= 4 is 28.6 Å². The van der Waals surface area contributed by atoms with Crippen LogP contribution in [-0.4, -0.2) is 42.4 Å². The second-order valence-electron chi connectivity index (χ2n) is 6.71. The summed E-state index contributed by atoms with van der Waals surface area (Å²) in [7, 11) is 0. The Morgan fingerprint density at radius 2 is 1.77 bits per heavy atom. The maximum atomic E-state index is 11.9. The van der Waals surface area contributed by atoms with Crippen LogP contribution in [0.25, 0.3) is 10.9 Å². The number of benzene rings is 2. The van der Waals surface area contributed by atoms with Crippen molar-refractivity contribution in [2.24, 2.45) is 0 Å². The minimum absolute atomic E-state index is 0.0386. The van der Waals surface area contributed by atoms with Gasteiger partial charge in [-0.05, 0) is 42.3 Å². The molecule has 0 aliphatic carbocycles. The van der Waals surface area contributed by atoms with Gasteiger partial charge < -0.3 is 19.8 Å². The van der Waals surface area contributed by atoms with Crippen molar-refractivity contribution in [1.82, 2.24) is 10.3 Å². The summed E-state index contributed by atoms with van der Waals surface area (Å²) >= 11 is 0. The molecule has 0 aliphatic heterocycles. The highest BCUT2D eigenvalue weighted by atomic mass is 16.6. The number of nitrogens with one attached hydrogen (secondary N) is 2. The quantitative estimate of drug-likeness (QED) is 0.397. The smallest absolute Gasteiger partial charge is 0.344 e. The van der Waals surface area contributed by atoms with Crippen LogP contribution in [0.3, 0.4) is 0 Å².